The smallest absolute Gasteiger partial charge is 0.337 e. The van der Waals surface area contributed by atoms with Gasteiger partial charge in [-0.1, -0.05) is 17.7 Å². The van der Waals surface area contributed by atoms with Gasteiger partial charge in [0, 0.05) is 20.0 Å². The lowest BCUT2D eigenvalue weighted by Gasteiger charge is -2.13. The van der Waals surface area contributed by atoms with Gasteiger partial charge in [-0.3, -0.25) is 9.59 Å². The lowest BCUT2D eigenvalue weighted by Crippen LogP contribution is -2.26. The highest BCUT2D eigenvalue weighted by Crippen LogP contribution is 2.27. The maximum Gasteiger partial charge on any atom is 0.337 e. The number of amides is 2. The van der Waals surface area contributed by atoms with Crippen molar-refractivity contribution in [2.75, 3.05) is 18.9 Å². The van der Waals surface area contributed by atoms with Gasteiger partial charge >= 0.3 is 5.97 Å². The summed E-state index contributed by atoms with van der Waals surface area (Å²) in [5, 5.41) is 11.7. The van der Waals surface area contributed by atoms with E-state index in [0.717, 1.165) is 0 Å². The first-order valence-corrected chi connectivity index (χ1v) is 6.34. The van der Waals surface area contributed by atoms with Crippen molar-refractivity contribution >= 4 is 35.1 Å². The minimum atomic E-state index is -1.18. The number of hydrogen-bond acceptors (Lipinski definition) is 3. The molecule has 0 saturated carbocycles. The zero-order chi connectivity index (χ0) is 14.9. The molecule has 1 unspecified atom stereocenters. The Kier molecular flexibility index (Phi) is 3.94. The Labute approximate surface area is 120 Å². The van der Waals surface area contributed by atoms with E-state index >= 15 is 0 Å². The van der Waals surface area contributed by atoms with Crippen molar-refractivity contribution in [1.82, 2.24) is 4.90 Å². The van der Waals surface area contributed by atoms with Gasteiger partial charge in [-0.05, 0) is 12.1 Å². The summed E-state index contributed by atoms with van der Waals surface area (Å²) in [6.45, 7) is 0.317. The lowest BCUT2D eigenvalue weighted by atomic mass is 10.1. The van der Waals surface area contributed by atoms with Crippen LogP contribution < -0.4 is 5.32 Å². The van der Waals surface area contributed by atoms with Gasteiger partial charge in [0.25, 0.3) is 0 Å². The summed E-state index contributed by atoms with van der Waals surface area (Å²) in [5.74, 6) is -2.19. The number of carboxylic acid groups (broad SMARTS) is 1. The summed E-state index contributed by atoms with van der Waals surface area (Å²) >= 11 is 5.93. The molecule has 1 aromatic rings. The molecule has 2 N–H and O–H groups in total. The van der Waals surface area contributed by atoms with Crippen LogP contribution in [0.15, 0.2) is 18.2 Å². The highest BCUT2D eigenvalue weighted by molar-refractivity contribution is 6.34. The van der Waals surface area contributed by atoms with Crippen molar-refractivity contribution in [3.8, 4) is 0 Å². The molecule has 1 atom stereocenters. The molecule has 1 aromatic carbocycles. The second kappa shape index (κ2) is 5.50. The average molecular weight is 297 g/mol. The zero-order valence-corrected chi connectivity index (χ0v) is 11.5. The van der Waals surface area contributed by atoms with E-state index in [1.807, 2.05) is 0 Å². The number of para-hydroxylation sites is 1. The number of carbonyl (C=O) groups is 3. The number of aromatic carboxylic acids is 1. The summed E-state index contributed by atoms with van der Waals surface area (Å²) in [5.41, 5.74) is -0.0165. The van der Waals surface area contributed by atoms with Crippen LogP contribution in [-0.4, -0.2) is 41.4 Å². The van der Waals surface area contributed by atoms with Crippen LogP contribution in [0, 0.1) is 5.92 Å². The van der Waals surface area contributed by atoms with Crippen molar-refractivity contribution < 1.29 is 19.5 Å². The maximum atomic E-state index is 12.1. The van der Waals surface area contributed by atoms with Crippen LogP contribution in [0.3, 0.4) is 0 Å². The summed E-state index contributed by atoms with van der Waals surface area (Å²) in [6.07, 6.45) is 0.120. The van der Waals surface area contributed by atoms with Gasteiger partial charge in [0.1, 0.15) is 0 Å². The third-order valence-corrected chi connectivity index (χ3v) is 3.52. The van der Waals surface area contributed by atoms with Crippen LogP contribution in [-0.2, 0) is 9.59 Å². The predicted molar refractivity (Wildman–Crippen MR) is 72.8 cm³/mol. The zero-order valence-electron chi connectivity index (χ0n) is 10.7. The molecule has 0 spiro atoms. The minimum Gasteiger partial charge on any atom is -0.478 e. The van der Waals surface area contributed by atoms with Crippen molar-refractivity contribution in [1.29, 1.82) is 0 Å². The molecule has 1 fully saturated rings. The number of carboxylic acids is 1. The normalized spacial score (nSPS) is 18.2. The van der Waals surface area contributed by atoms with Gasteiger partial charge in [-0.15, -0.1) is 0 Å². The summed E-state index contributed by atoms with van der Waals surface area (Å²) in [4.78, 5) is 36.1. The van der Waals surface area contributed by atoms with Crippen LogP contribution in [0.2, 0.25) is 5.02 Å². The van der Waals surface area contributed by atoms with Crippen LogP contribution in [0.1, 0.15) is 16.8 Å². The number of benzene rings is 1. The number of likely N-dealkylation sites (tertiary alicyclic amines) is 1. The molecule has 7 heteroatoms. The molecule has 6 nitrogen and oxygen atoms in total. The number of nitrogens with one attached hydrogen (secondary N) is 1. The Hall–Kier alpha value is -2.08. The fraction of sp³-hybridized carbons (Fsp3) is 0.308. The van der Waals surface area contributed by atoms with Crippen molar-refractivity contribution in [2.45, 2.75) is 6.42 Å². The number of hydrogen-bond donors (Lipinski definition) is 2. The molecule has 1 aliphatic rings. The van der Waals surface area contributed by atoms with E-state index in [1.54, 1.807) is 7.05 Å². The number of anilines is 1. The SMILES string of the molecule is CN1CC(C(=O)Nc2c(Cl)cccc2C(=O)O)CC1=O. The van der Waals surface area contributed by atoms with Crippen molar-refractivity contribution in [2.24, 2.45) is 5.92 Å². The molecule has 2 rings (SSSR count). The molecule has 0 radical (unpaired) electrons. The maximum absolute atomic E-state index is 12.1. The molecular formula is C13H13ClN2O4. The molecular weight excluding hydrogens is 284 g/mol. The molecule has 20 heavy (non-hydrogen) atoms. The highest BCUT2D eigenvalue weighted by atomic mass is 35.5. The Balaban J connectivity index is 2.20. The molecule has 106 valence electrons. The number of halogens is 1. The van der Waals surface area contributed by atoms with Gasteiger partial charge in [-0.2, -0.15) is 0 Å². The molecule has 0 aliphatic carbocycles. The molecule has 1 aliphatic heterocycles. The standard InChI is InChI=1S/C13H13ClN2O4/c1-16-6-7(5-10(16)17)12(18)15-11-8(13(19)20)3-2-4-9(11)14/h2-4,7H,5-6H2,1H3,(H,15,18)(H,19,20). The van der Waals surface area contributed by atoms with E-state index in [-0.39, 0.29) is 28.6 Å². The van der Waals surface area contributed by atoms with Gasteiger partial charge < -0.3 is 15.3 Å². The van der Waals surface area contributed by atoms with Crippen LogP contribution in [0.25, 0.3) is 0 Å². The summed E-state index contributed by atoms with van der Waals surface area (Å²) in [6, 6.07) is 4.35. The van der Waals surface area contributed by atoms with E-state index in [0.29, 0.717) is 6.54 Å². The van der Waals surface area contributed by atoms with E-state index in [9.17, 15) is 14.4 Å². The Bertz CT molecular complexity index is 588. The third-order valence-electron chi connectivity index (χ3n) is 3.20. The van der Waals surface area contributed by atoms with Crippen LogP contribution in [0.4, 0.5) is 5.69 Å². The quantitative estimate of drug-likeness (QED) is 0.884. The van der Waals surface area contributed by atoms with E-state index in [1.165, 1.54) is 23.1 Å². The largest absolute Gasteiger partial charge is 0.478 e. The fourth-order valence-corrected chi connectivity index (χ4v) is 2.32. The monoisotopic (exact) mass is 296 g/mol. The minimum absolute atomic E-state index is 0.0636. The Morgan fingerprint density at radius 2 is 2.15 bits per heavy atom. The Morgan fingerprint density at radius 3 is 2.70 bits per heavy atom. The Morgan fingerprint density at radius 1 is 1.45 bits per heavy atom. The molecule has 1 saturated heterocycles. The van der Waals surface area contributed by atoms with Gasteiger partial charge in [-0.25, -0.2) is 4.79 Å². The van der Waals surface area contributed by atoms with Crippen molar-refractivity contribution in [3.05, 3.63) is 28.8 Å². The van der Waals surface area contributed by atoms with Gasteiger partial charge in [0.2, 0.25) is 11.8 Å². The summed E-state index contributed by atoms with van der Waals surface area (Å²) < 4.78 is 0. The first-order valence-electron chi connectivity index (χ1n) is 5.96. The fourth-order valence-electron chi connectivity index (χ4n) is 2.09. The number of carbonyl (C=O) groups excluding carboxylic acids is 2. The van der Waals surface area contributed by atoms with E-state index in [2.05, 4.69) is 5.32 Å². The molecule has 0 bridgehead atoms. The van der Waals surface area contributed by atoms with E-state index in [4.69, 9.17) is 16.7 Å². The van der Waals surface area contributed by atoms with Gasteiger partial charge in [0.15, 0.2) is 0 Å². The number of rotatable bonds is 3. The molecule has 1 heterocycles. The second-order valence-electron chi connectivity index (χ2n) is 4.63. The van der Waals surface area contributed by atoms with Gasteiger partial charge in [0.05, 0.1) is 22.2 Å². The van der Waals surface area contributed by atoms with Crippen LogP contribution >= 0.6 is 11.6 Å². The topological polar surface area (TPSA) is 86.7 Å². The van der Waals surface area contributed by atoms with Crippen molar-refractivity contribution in [3.63, 3.8) is 0 Å². The first-order chi connectivity index (χ1) is 9.40. The lowest BCUT2D eigenvalue weighted by molar-refractivity contribution is -0.127. The predicted octanol–water partition coefficient (Wildman–Crippen LogP) is 1.45. The highest BCUT2D eigenvalue weighted by Gasteiger charge is 2.32. The number of nitrogens with zero attached hydrogens (tertiary/aromatic N) is 1. The third kappa shape index (κ3) is 2.75. The molecule has 0 aromatic heterocycles. The molecule has 2 amide bonds. The average Bonchev–Trinajstić information content (AvgIpc) is 2.72. The second-order valence-corrected chi connectivity index (χ2v) is 5.04. The summed E-state index contributed by atoms with van der Waals surface area (Å²) in [7, 11) is 1.62. The first kappa shape index (κ1) is 14.3. The van der Waals surface area contributed by atoms with E-state index < -0.39 is 17.8 Å². The van der Waals surface area contributed by atoms with Crippen LogP contribution in [0.5, 0.6) is 0 Å².